The Morgan fingerprint density at radius 1 is 1.05 bits per heavy atom. The Kier molecular flexibility index (Phi) is 8.30. The van der Waals surface area contributed by atoms with Crippen LogP contribution in [0.2, 0.25) is 0 Å². The SMILES string of the molecule is O=C1Cc2ccccc2CNC(=O)C(Cc2cn(CCO)nn2)NC(=O)[C@@H]2C[C@@H](CN2C2CCOCC2)N1. The first kappa shape index (κ1) is 26.3. The van der Waals surface area contributed by atoms with Crippen molar-refractivity contribution < 1.29 is 24.2 Å². The molecule has 3 atom stereocenters. The van der Waals surface area contributed by atoms with Gasteiger partial charge in [-0.1, -0.05) is 29.5 Å². The number of aliphatic hydroxyl groups excluding tert-OH is 1. The topological polar surface area (TPSA) is 151 Å². The third kappa shape index (κ3) is 6.20. The number of hydrogen-bond acceptors (Lipinski definition) is 8. The van der Waals surface area contributed by atoms with E-state index in [1.807, 2.05) is 24.3 Å². The number of nitrogens with one attached hydrogen (secondary N) is 3. The number of carbonyl (C=O) groups excluding carboxylic acids is 3. The van der Waals surface area contributed by atoms with Gasteiger partial charge in [0, 0.05) is 51.0 Å². The van der Waals surface area contributed by atoms with Crippen molar-refractivity contribution in [2.45, 2.75) is 69.4 Å². The average molecular weight is 526 g/mol. The predicted octanol–water partition coefficient (Wildman–Crippen LogP) is -1.09. The van der Waals surface area contributed by atoms with Crippen LogP contribution in [0.3, 0.4) is 0 Å². The molecule has 1 unspecified atom stereocenters. The molecule has 4 heterocycles. The van der Waals surface area contributed by atoms with Crippen LogP contribution in [0.1, 0.15) is 36.1 Å². The standard InChI is InChI=1S/C26H35N7O5/c34-8-7-32-15-20(30-31-32)12-22-25(36)27-14-18-4-2-1-3-17(18)11-24(35)28-19-13-23(26(37)29-22)33(16-19)21-5-9-38-10-6-21/h1-4,15,19,21-23,34H,5-14,16H2,(H,27,36)(H,28,35)(H,29,37)/t19-,22?,23-/m0/s1. The molecule has 3 amide bonds. The molecule has 0 aliphatic carbocycles. The van der Waals surface area contributed by atoms with Crippen LogP contribution in [0.5, 0.6) is 0 Å². The van der Waals surface area contributed by atoms with Gasteiger partial charge in [0.1, 0.15) is 6.04 Å². The van der Waals surface area contributed by atoms with Crippen molar-refractivity contribution in [1.82, 2.24) is 35.8 Å². The van der Waals surface area contributed by atoms with Crippen LogP contribution in [-0.2, 0) is 45.1 Å². The van der Waals surface area contributed by atoms with Crippen molar-refractivity contribution in [3.05, 3.63) is 47.3 Å². The summed E-state index contributed by atoms with van der Waals surface area (Å²) in [4.78, 5) is 42.2. The lowest BCUT2D eigenvalue weighted by Gasteiger charge is -2.35. The molecule has 4 N–H and O–H groups in total. The normalized spacial score (nSPS) is 25.7. The Balaban J connectivity index is 1.42. The summed E-state index contributed by atoms with van der Waals surface area (Å²) in [5.74, 6) is -0.671. The van der Waals surface area contributed by atoms with Crippen LogP contribution in [0, 0.1) is 0 Å². The number of ether oxygens (including phenoxy) is 1. The third-order valence-corrected chi connectivity index (χ3v) is 7.55. The van der Waals surface area contributed by atoms with Crippen LogP contribution in [0.25, 0.3) is 0 Å². The monoisotopic (exact) mass is 525 g/mol. The van der Waals surface area contributed by atoms with Gasteiger partial charge in [0.05, 0.1) is 31.3 Å². The highest BCUT2D eigenvalue weighted by Gasteiger charge is 2.42. The summed E-state index contributed by atoms with van der Waals surface area (Å²) in [7, 11) is 0. The molecule has 2 aromatic rings. The second-order valence-corrected chi connectivity index (χ2v) is 10.2. The summed E-state index contributed by atoms with van der Waals surface area (Å²) >= 11 is 0. The molecular formula is C26H35N7O5. The van der Waals surface area contributed by atoms with Gasteiger partial charge >= 0.3 is 0 Å². The van der Waals surface area contributed by atoms with Gasteiger partial charge in [-0.3, -0.25) is 19.3 Å². The minimum absolute atomic E-state index is 0.0791. The van der Waals surface area contributed by atoms with Crippen LogP contribution in [0.4, 0.5) is 0 Å². The lowest BCUT2D eigenvalue weighted by Crippen LogP contribution is -2.55. The summed E-state index contributed by atoms with van der Waals surface area (Å²) in [5.41, 5.74) is 2.24. The van der Waals surface area contributed by atoms with Crippen LogP contribution in [-0.4, -0.2) is 93.3 Å². The van der Waals surface area contributed by atoms with Gasteiger partial charge < -0.3 is 25.8 Å². The van der Waals surface area contributed by atoms with Gasteiger partial charge in [-0.05, 0) is 30.4 Å². The number of fused-ring (bicyclic) bond motifs is 3. The number of aromatic nitrogens is 3. The summed E-state index contributed by atoms with van der Waals surface area (Å²) < 4.78 is 7.04. The molecular weight excluding hydrogens is 490 g/mol. The van der Waals surface area contributed by atoms with Gasteiger partial charge in [0.2, 0.25) is 17.7 Å². The molecule has 12 heteroatoms. The van der Waals surface area contributed by atoms with E-state index in [9.17, 15) is 19.5 Å². The maximum absolute atomic E-state index is 13.7. The zero-order valence-electron chi connectivity index (χ0n) is 21.3. The maximum Gasteiger partial charge on any atom is 0.243 e. The largest absolute Gasteiger partial charge is 0.394 e. The highest BCUT2D eigenvalue weighted by Crippen LogP contribution is 2.26. The van der Waals surface area contributed by atoms with Crippen molar-refractivity contribution in [1.29, 1.82) is 0 Å². The summed E-state index contributed by atoms with van der Waals surface area (Å²) in [5, 5.41) is 26.4. The molecule has 38 heavy (non-hydrogen) atoms. The van der Waals surface area contributed by atoms with E-state index in [1.54, 1.807) is 6.20 Å². The van der Waals surface area contributed by atoms with Crippen molar-refractivity contribution in [2.24, 2.45) is 0 Å². The molecule has 3 aliphatic rings. The predicted molar refractivity (Wildman–Crippen MR) is 136 cm³/mol. The molecule has 2 saturated heterocycles. The summed E-state index contributed by atoms with van der Waals surface area (Å²) in [6.45, 7) is 2.29. The minimum atomic E-state index is -0.859. The van der Waals surface area contributed by atoms with Gasteiger partial charge in [-0.25, -0.2) is 4.68 Å². The van der Waals surface area contributed by atoms with E-state index in [2.05, 4.69) is 31.2 Å². The van der Waals surface area contributed by atoms with E-state index in [0.29, 0.717) is 38.4 Å². The Morgan fingerprint density at radius 2 is 1.84 bits per heavy atom. The molecule has 0 saturated carbocycles. The number of carbonyl (C=O) groups is 3. The second-order valence-electron chi connectivity index (χ2n) is 10.2. The lowest BCUT2D eigenvalue weighted by molar-refractivity contribution is -0.132. The first-order valence-corrected chi connectivity index (χ1v) is 13.3. The molecule has 12 nitrogen and oxygen atoms in total. The number of nitrogens with zero attached hydrogens (tertiary/aromatic N) is 4. The minimum Gasteiger partial charge on any atom is -0.394 e. The molecule has 3 aliphatic heterocycles. The molecule has 0 radical (unpaired) electrons. The van der Waals surface area contributed by atoms with Gasteiger partial charge in [0.15, 0.2) is 0 Å². The smallest absolute Gasteiger partial charge is 0.243 e. The molecule has 5 rings (SSSR count). The number of rotatable bonds is 5. The highest BCUT2D eigenvalue weighted by atomic mass is 16.5. The second kappa shape index (κ2) is 12.0. The molecule has 1 aromatic heterocycles. The van der Waals surface area contributed by atoms with Gasteiger partial charge in [0.25, 0.3) is 0 Å². The summed E-state index contributed by atoms with van der Waals surface area (Å²) in [6, 6.07) is 6.22. The number of aliphatic hydroxyl groups is 1. The zero-order chi connectivity index (χ0) is 26.5. The molecule has 2 bridgehead atoms. The van der Waals surface area contributed by atoms with E-state index in [4.69, 9.17) is 4.74 Å². The number of hydrogen-bond donors (Lipinski definition) is 4. The molecule has 2 fully saturated rings. The van der Waals surface area contributed by atoms with E-state index in [-0.39, 0.29) is 55.8 Å². The van der Waals surface area contributed by atoms with Gasteiger partial charge in [-0.15, -0.1) is 5.10 Å². The van der Waals surface area contributed by atoms with Crippen LogP contribution >= 0.6 is 0 Å². The maximum atomic E-state index is 13.7. The molecule has 204 valence electrons. The van der Waals surface area contributed by atoms with Crippen molar-refractivity contribution in [3.63, 3.8) is 0 Å². The Morgan fingerprint density at radius 3 is 2.63 bits per heavy atom. The van der Waals surface area contributed by atoms with Crippen molar-refractivity contribution in [2.75, 3.05) is 26.4 Å². The third-order valence-electron chi connectivity index (χ3n) is 7.55. The first-order chi connectivity index (χ1) is 18.5. The number of likely N-dealkylation sites (tertiary alicyclic amines) is 1. The molecule has 0 spiro atoms. The zero-order valence-corrected chi connectivity index (χ0v) is 21.3. The highest BCUT2D eigenvalue weighted by molar-refractivity contribution is 5.90. The van der Waals surface area contributed by atoms with E-state index in [1.165, 1.54) is 4.68 Å². The first-order valence-electron chi connectivity index (χ1n) is 13.3. The van der Waals surface area contributed by atoms with Crippen LogP contribution in [0.15, 0.2) is 30.5 Å². The lowest BCUT2D eigenvalue weighted by atomic mass is 10.0. The van der Waals surface area contributed by atoms with Crippen molar-refractivity contribution >= 4 is 17.7 Å². The Hall–Kier alpha value is -3.35. The fourth-order valence-electron chi connectivity index (χ4n) is 5.63. The molecule has 1 aromatic carbocycles. The van der Waals surface area contributed by atoms with E-state index in [0.717, 1.165) is 24.0 Å². The quantitative estimate of drug-likeness (QED) is 0.385. The number of benzene rings is 1. The fraction of sp³-hybridized carbons (Fsp3) is 0.577. The summed E-state index contributed by atoms with van der Waals surface area (Å²) in [6.07, 6.45) is 4.14. The van der Waals surface area contributed by atoms with E-state index >= 15 is 0 Å². The fourth-order valence-corrected chi connectivity index (χ4v) is 5.63. The van der Waals surface area contributed by atoms with Crippen molar-refractivity contribution in [3.8, 4) is 0 Å². The van der Waals surface area contributed by atoms with E-state index < -0.39 is 12.1 Å². The Bertz CT molecular complexity index is 1150. The van der Waals surface area contributed by atoms with Gasteiger partial charge in [-0.2, -0.15) is 0 Å². The Labute approximate surface area is 221 Å². The number of amides is 3. The van der Waals surface area contributed by atoms with Crippen LogP contribution < -0.4 is 16.0 Å². The average Bonchev–Trinajstić information content (AvgIpc) is 3.54.